The van der Waals surface area contributed by atoms with Crippen molar-refractivity contribution in [2.24, 2.45) is 5.92 Å². The van der Waals surface area contributed by atoms with Crippen molar-refractivity contribution in [1.82, 2.24) is 4.90 Å². The molecule has 2 nitrogen and oxygen atoms in total. The van der Waals surface area contributed by atoms with E-state index in [1.54, 1.807) is 0 Å². The number of hydrogen-bond acceptors (Lipinski definition) is 2. The van der Waals surface area contributed by atoms with Gasteiger partial charge in [0.2, 0.25) is 0 Å². The topological polar surface area (TPSA) is 20.3 Å². The van der Waals surface area contributed by atoms with Gasteiger partial charge in [0, 0.05) is 6.54 Å². The molecule has 0 amide bonds. The van der Waals surface area contributed by atoms with Crippen LogP contribution in [0.25, 0.3) is 10.8 Å². The minimum Gasteiger partial charge on any atom is -0.302 e. The van der Waals surface area contributed by atoms with E-state index in [4.69, 9.17) is 0 Å². The average molecular weight is 309 g/mol. The zero-order valence-corrected chi connectivity index (χ0v) is 13.9. The van der Waals surface area contributed by atoms with E-state index in [1.165, 1.54) is 54.9 Å². The third kappa shape index (κ3) is 4.42. The summed E-state index contributed by atoms with van der Waals surface area (Å²) in [6.07, 6.45) is 9.23. The minimum absolute atomic E-state index is 0.538. The summed E-state index contributed by atoms with van der Waals surface area (Å²) in [6, 6.07) is 15.0. The lowest BCUT2D eigenvalue weighted by atomic mass is 9.87. The van der Waals surface area contributed by atoms with Crippen LogP contribution < -0.4 is 0 Å². The van der Waals surface area contributed by atoms with E-state index in [2.05, 4.69) is 47.4 Å². The first kappa shape index (κ1) is 16.2. The van der Waals surface area contributed by atoms with Gasteiger partial charge in [-0.25, -0.2) is 0 Å². The number of aldehydes is 1. The lowest BCUT2D eigenvalue weighted by Crippen LogP contribution is -2.28. The van der Waals surface area contributed by atoms with Gasteiger partial charge in [0.1, 0.15) is 6.29 Å². The van der Waals surface area contributed by atoms with Gasteiger partial charge in [-0.15, -0.1) is 0 Å². The minimum atomic E-state index is 0.538. The van der Waals surface area contributed by atoms with E-state index in [0.29, 0.717) is 6.54 Å². The molecule has 2 heteroatoms. The summed E-state index contributed by atoms with van der Waals surface area (Å²) < 4.78 is 0. The first-order valence-electron chi connectivity index (χ1n) is 8.99. The first-order valence-corrected chi connectivity index (χ1v) is 8.99. The second-order valence-corrected chi connectivity index (χ2v) is 6.83. The average Bonchev–Trinajstić information content (AvgIpc) is 2.61. The molecule has 1 saturated carbocycles. The molecule has 1 fully saturated rings. The first-order chi connectivity index (χ1) is 11.4. The van der Waals surface area contributed by atoms with E-state index in [1.807, 2.05) is 0 Å². The smallest absolute Gasteiger partial charge is 0.133 e. The molecule has 0 aliphatic heterocycles. The molecular formula is C21H27NO. The quantitative estimate of drug-likeness (QED) is 0.684. The van der Waals surface area contributed by atoms with E-state index in [0.717, 1.165) is 25.3 Å². The summed E-state index contributed by atoms with van der Waals surface area (Å²) in [4.78, 5) is 13.4. The molecule has 3 rings (SSSR count). The summed E-state index contributed by atoms with van der Waals surface area (Å²) in [5.74, 6) is 0.866. The van der Waals surface area contributed by atoms with Crippen molar-refractivity contribution >= 4 is 17.1 Å². The van der Waals surface area contributed by atoms with Gasteiger partial charge < -0.3 is 4.79 Å². The molecule has 2 aromatic rings. The molecule has 0 radical (unpaired) electrons. The second kappa shape index (κ2) is 8.26. The Morgan fingerprint density at radius 1 is 1.00 bits per heavy atom. The Labute approximate surface area is 139 Å². The van der Waals surface area contributed by atoms with Crippen LogP contribution in [-0.2, 0) is 11.3 Å². The lowest BCUT2D eigenvalue weighted by molar-refractivity contribution is -0.109. The Bertz CT molecular complexity index is 625. The number of benzene rings is 2. The SMILES string of the molecule is O=CCN(CCC1CCCCC1)Cc1cccc2ccccc12. The predicted molar refractivity (Wildman–Crippen MR) is 96.5 cm³/mol. The molecule has 0 N–H and O–H groups in total. The highest BCUT2D eigenvalue weighted by atomic mass is 16.1. The maximum atomic E-state index is 11.1. The van der Waals surface area contributed by atoms with Gasteiger partial charge in [-0.3, -0.25) is 4.90 Å². The molecule has 1 aliphatic rings. The van der Waals surface area contributed by atoms with Crippen LogP contribution in [0, 0.1) is 5.92 Å². The van der Waals surface area contributed by atoms with Crippen LogP contribution in [0.4, 0.5) is 0 Å². The number of carbonyl (C=O) groups is 1. The Balaban J connectivity index is 1.66. The van der Waals surface area contributed by atoms with Crippen LogP contribution in [0.2, 0.25) is 0 Å². The Morgan fingerprint density at radius 2 is 1.78 bits per heavy atom. The lowest BCUT2D eigenvalue weighted by Gasteiger charge is -2.26. The van der Waals surface area contributed by atoms with E-state index in [-0.39, 0.29) is 0 Å². The molecule has 23 heavy (non-hydrogen) atoms. The van der Waals surface area contributed by atoms with Gasteiger partial charge in [0.05, 0.1) is 6.54 Å². The fraction of sp³-hybridized carbons (Fsp3) is 0.476. The largest absolute Gasteiger partial charge is 0.302 e. The molecule has 122 valence electrons. The molecule has 1 aliphatic carbocycles. The second-order valence-electron chi connectivity index (χ2n) is 6.83. The van der Waals surface area contributed by atoms with Gasteiger partial charge in [-0.2, -0.15) is 0 Å². The Kier molecular flexibility index (Phi) is 5.82. The van der Waals surface area contributed by atoms with Crippen molar-refractivity contribution in [1.29, 1.82) is 0 Å². The van der Waals surface area contributed by atoms with E-state index < -0.39 is 0 Å². The molecule has 0 saturated heterocycles. The summed E-state index contributed by atoms with van der Waals surface area (Å²) in [5.41, 5.74) is 1.33. The summed E-state index contributed by atoms with van der Waals surface area (Å²) >= 11 is 0. The van der Waals surface area contributed by atoms with Crippen LogP contribution in [0.5, 0.6) is 0 Å². The summed E-state index contributed by atoms with van der Waals surface area (Å²) in [6.45, 7) is 2.44. The maximum absolute atomic E-state index is 11.1. The highest BCUT2D eigenvalue weighted by molar-refractivity contribution is 5.85. The van der Waals surface area contributed by atoms with Crippen LogP contribution >= 0.6 is 0 Å². The number of nitrogens with zero attached hydrogens (tertiary/aromatic N) is 1. The molecule has 0 spiro atoms. The summed E-state index contributed by atoms with van der Waals surface area (Å²) in [5, 5.41) is 2.59. The number of fused-ring (bicyclic) bond motifs is 1. The van der Waals surface area contributed by atoms with Crippen molar-refractivity contribution in [2.75, 3.05) is 13.1 Å². The highest BCUT2D eigenvalue weighted by Crippen LogP contribution is 2.27. The summed E-state index contributed by atoms with van der Waals surface area (Å²) in [7, 11) is 0. The van der Waals surface area contributed by atoms with E-state index in [9.17, 15) is 4.79 Å². The number of carbonyl (C=O) groups excluding carboxylic acids is 1. The third-order valence-corrected chi connectivity index (χ3v) is 5.18. The van der Waals surface area contributed by atoms with E-state index >= 15 is 0 Å². The fourth-order valence-corrected chi connectivity index (χ4v) is 3.85. The molecule has 0 unspecified atom stereocenters. The van der Waals surface area contributed by atoms with Gasteiger partial charge in [0.15, 0.2) is 0 Å². The van der Waals surface area contributed by atoms with Crippen molar-refractivity contribution in [3.63, 3.8) is 0 Å². The molecule has 0 aromatic heterocycles. The molecule has 0 bridgehead atoms. The zero-order valence-electron chi connectivity index (χ0n) is 13.9. The van der Waals surface area contributed by atoms with Crippen LogP contribution in [0.3, 0.4) is 0 Å². The van der Waals surface area contributed by atoms with Gasteiger partial charge in [0.25, 0.3) is 0 Å². The molecule has 0 heterocycles. The highest BCUT2D eigenvalue weighted by Gasteiger charge is 2.15. The third-order valence-electron chi connectivity index (χ3n) is 5.18. The van der Waals surface area contributed by atoms with Gasteiger partial charge in [-0.1, -0.05) is 74.6 Å². The fourth-order valence-electron chi connectivity index (χ4n) is 3.85. The van der Waals surface area contributed by atoms with Crippen molar-refractivity contribution in [2.45, 2.75) is 45.1 Å². The van der Waals surface area contributed by atoms with Gasteiger partial charge >= 0.3 is 0 Å². The van der Waals surface area contributed by atoms with Crippen molar-refractivity contribution in [3.05, 3.63) is 48.0 Å². The maximum Gasteiger partial charge on any atom is 0.133 e. The monoisotopic (exact) mass is 309 g/mol. The number of hydrogen-bond donors (Lipinski definition) is 0. The van der Waals surface area contributed by atoms with Crippen molar-refractivity contribution in [3.8, 4) is 0 Å². The molecular weight excluding hydrogens is 282 g/mol. The normalized spacial score (nSPS) is 16.0. The number of rotatable bonds is 7. The molecule has 0 atom stereocenters. The van der Waals surface area contributed by atoms with Gasteiger partial charge in [-0.05, 0) is 35.2 Å². The predicted octanol–water partition coefficient (Wildman–Crippen LogP) is 4.81. The molecule has 2 aromatic carbocycles. The van der Waals surface area contributed by atoms with Crippen LogP contribution in [0.1, 0.15) is 44.1 Å². The van der Waals surface area contributed by atoms with Crippen LogP contribution in [-0.4, -0.2) is 24.3 Å². The van der Waals surface area contributed by atoms with Crippen LogP contribution in [0.15, 0.2) is 42.5 Å². The van der Waals surface area contributed by atoms with Crippen molar-refractivity contribution < 1.29 is 4.79 Å². The standard InChI is InChI=1S/C21H27NO/c23-16-15-22(14-13-18-7-2-1-3-8-18)17-20-11-6-10-19-9-4-5-12-21(19)20/h4-6,9-12,16,18H,1-3,7-8,13-15,17H2. The Hall–Kier alpha value is -1.67. The zero-order chi connectivity index (χ0) is 15.9. The Morgan fingerprint density at radius 3 is 2.61 bits per heavy atom.